The summed E-state index contributed by atoms with van der Waals surface area (Å²) in [5.74, 6) is 0.172. The number of ether oxygens (including phenoxy) is 1. The van der Waals surface area contributed by atoms with Crippen molar-refractivity contribution in [1.29, 1.82) is 0 Å². The van der Waals surface area contributed by atoms with Gasteiger partial charge >= 0.3 is 6.18 Å². The number of hydrogen-bond acceptors (Lipinski definition) is 2. The van der Waals surface area contributed by atoms with Crippen molar-refractivity contribution in [2.24, 2.45) is 5.73 Å². The fraction of sp³-hybridized carbons (Fsp3) is 0.333. The molecule has 6 heteroatoms. The van der Waals surface area contributed by atoms with Gasteiger partial charge in [-0.05, 0) is 34.7 Å². The zero-order valence-corrected chi connectivity index (χ0v) is 10.0. The highest BCUT2D eigenvalue weighted by Gasteiger charge is 2.33. The molecular weight excluding hydrogens is 322 g/mol. The van der Waals surface area contributed by atoms with Gasteiger partial charge in [-0.3, -0.25) is 0 Å². The fourth-order valence-corrected chi connectivity index (χ4v) is 2.00. The summed E-state index contributed by atoms with van der Waals surface area (Å²) in [6.45, 7) is 0.150. The minimum Gasteiger partial charge on any atom is -0.496 e. The molecular formula is C9H9F3INO. The number of hydrogen-bond donors (Lipinski definition) is 1. The van der Waals surface area contributed by atoms with E-state index < -0.39 is 11.7 Å². The Morgan fingerprint density at radius 1 is 1.40 bits per heavy atom. The predicted octanol–water partition coefficient (Wildman–Crippen LogP) is 2.78. The highest BCUT2D eigenvalue weighted by atomic mass is 127. The lowest BCUT2D eigenvalue weighted by Gasteiger charge is -2.13. The molecule has 2 nitrogen and oxygen atoms in total. The summed E-state index contributed by atoms with van der Waals surface area (Å²) in [6.07, 6.45) is -4.36. The van der Waals surface area contributed by atoms with Crippen LogP contribution in [0.15, 0.2) is 12.1 Å². The summed E-state index contributed by atoms with van der Waals surface area (Å²) in [7, 11) is 1.32. The van der Waals surface area contributed by atoms with Crippen LogP contribution in [-0.4, -0.2) is 7.11 Å². The summed E-state index contributed by atoms with van der Waals surface area (Å²) in [5, 5.41) is 0. The molecule has 1 aromatic rings. The first-order valence-electron chi connectivity index (χ1n) is 4.03. The molecule has 1 aromatic carbocycles. The summed E-state index contributed by atoms with van der Waals surface area (Å²) < 4.78 is 42.5. The molecule has 0 amide bonds. The number of alkyl halides is 3. The molecule has 0 aromatic heterocycles. The Kier molecular flexibility index (Phi) is 3.82. The average molecular weight is 331 g/mol. The normalized spacial score (nSPS) is 11.6. The zero-order valence-electron chi connectivity index (χ0n) is 7.86. The monoisotopic (exact) mass is 331 g/mol. The summed E-state index contributed by atoms with van der Waals surface area (Å²) in [5.41, 5.74) is 5.26. The van der Waals surface area contributed by atoms with E-state index in [2.05, 4.69) is 0 Å². The number of halogens is 4. The second-order valence-corrected chi connectivity index (χ2v) is 4.01. The van der Waals surface area contributed by atoms with E-state index in [0.717, 1.165) is 6.07 Å². The molecule has 1 rings (SSSR count). The lowest BCUT2D eigenvalue weighted by atomic mass is 10.1. The molecule has 0 bridgehead atoms. The van der Waals surface area contributed by atoms with E-state index in [1.807, 2.05) is 0 Å². The van der Waals surface area contributed by atoms with Crippen molar-refractivity contribution in [1.82, 2.24) is 0 Å². The highest BCUT2D eigenvalue weighted by molar-refractivity contribution is 14.1. The summed E-state index contributed by atoms with van der Waals surface area (Å²) >= 11 is 1.64. The van der Waals surface area contributed by atoms with Crippen molar-refractivity contribution in [3.05, 3.63) is 26.8 Å². The maximum atomic E-state index is 12.5. The Bertz CT molecular complexity index is 365. The van der Waals surface area contributed by atoms with Crippen molar-refractivity contribution in [3.63, 3.8) is 0 Å². The zero-order chi connectivity index (χ0) is 11.6. The van der Waals surface area contributed by atoms with Gasteiger partial charge in [0.25, 0.3) is 0 Å². The third kappa shape index (κ3) is 2.75. The van der Waals surface area contributed by atoms with Gasteiger partial charge in [0, 0.05) is 15.7 Å². The summed E-state index contributed by atoms with van der Waals surface area (Å²) in [4.78, 5) is 0. The van der Waals surface area contributed by atoms with E-state index >= 15 is 0 Å². The first-order valence-corrected chi connectivity index (χ1v) is 5.11. The van der Waals surface area contributed by atoms with Gasteiger partial charge in [-0.1, -0.05) is 0 Å². The van der Waals surface area contributed by atoms with E-state index in [-0.39, 0.29) is 15.9 Å². The van der Waals surface area contributed by atoms with E-state index in [4.69, 9.17) is 10.5 Å². The molecule has 2 N–H and O–H groups in total. The van der Waals surface area contributed by atoms with Gasteiger partial charge in [-0.2, -0.15) is 13.2 Å². The molecule has 15 heavy (non-hydrogen) atoms. The molecule has 0 aliphatic carbocycles. The molecule has 0 spiro atoms. The molecule has 0 aliphatic heterocycles. The molecule has 0 aliphatic rings. The van der Waals surface area contributed by atoms with Crippen LogP contribution < -0.4 is 10.5 Å². The topological polar surface area (TPSA) is 35.2 Å². The lowest BCUT2D eigenvalue weighted by Crippen LogP contribution is -2.10. The van der Waals surface area contributed by atoms with Crippen LogP contribution in [0.4, 0.5) is 13.2 Å². The molecule has 0 unspecified atom stereocenters. The largest absolute Gasteiger partial charge is 0.496 e. The van der Waals surface area contributed by atoms with Crippen molar-refractivity contribution in [2.75, 3.05) is 7.11 Å². The minimum absolute atomic E-state index is 0.126. The first kappa shape index (κ1) is 12.6. The average Bonchev–Trinajstić information content (AvgIpc) is 2.15. The Morgan fingerprint density at radius 2 is 2.00 bits per heavy atom. The molecule has 0 atom stereocenters. The molecule has 0 radical (unpaired) electrons. The van der Waals surface area contributed by atoms with Crippen LogP contribution in [0.5, 0.6) is 5.75 Å². The van der Waals surface area contributed by atoms with Gasteiger partial charge < -0.3 is 10.5 Å². The molecule has 0 saturated heterocycles. The number of nitrogens with two attached hydrogens (primary N) is 1. The summed E-state index contributed by atoms with van der Waals surface area (Å²) in [6, 6.07) is 2.37. The quantitative estimate of drug-likeness (QED) is 0.846. The predicted molar refractivity (Wildman–Crippen MR) is 58.6 cm³/mol. The Hall–Kier alpha value is -0.500. The Morgan fingerprint density at radius 3 is 2.40 bits per heavy atom. The lowest BCUT2D eigenvalue weighted by molar-refractivity contribution is -0.138. The number of methoxy groups -OCH3 is 1. The van der Waals surface area contributed by atoms with Crippen molar-refractivity contribution < 1.29 is 17.9 Å². The molecule has 0 saturated carbocycles. The second-order valence-electron chi connectivity index (χ2n) is 2.85. The van der Waals surface area contributed by atoms with E-state index in [1.54, 1.807) is 22.6 Å². The van der Waals surface area contributed by atoms with Crippen molar-refractivity contribution in [2.45, 2.75) is 12.7 Å². The van der Waals surface area contributed by atoms with Crippen LogP contribution in [-0.2, 0) is 12.7 Å². The van der Waals surface area contributed by atoms with E-state index in [0.29, 0.717) is 5.56 Å². The maximum Gasteiger partial charge on any atom is 0.417 e. The third-order valence-electron chi connectivity index (χ3n) is 1.90. The van der Waals surface area contributed by atoms with Crippen LogP contribution in [0.25, 0.3) is 0 Å². The number of benzene rings is 1. The van der Waals surface area contributed by atoms with Crippen LogP contribution >= 0.6 is 22.6 Å². The van der Waals surface area contributed by atoms with Gasteiger partial charge in [0.15, 0.2) is 0 Å². The Balaban J connectivity index is 3.32. The smallest absolute Gasteiger partial charge is 0.417 e. The third-order valence-corrected chi connectivity index (χ3v) is 2.79. The minimum atomic E-state index is -4.36. The van der Waals surface area contributed by atoms with Gasteiger partial charge in [0.1, 0.15) is 5.75 Å². The Labute approximate surface area is 98.7 Å². The maximum absolute atomic E-state index is 12.5. The standard InChI is InChI=1S/C9H9F3INO/c1-15-8-3-6(9(10,11)12)7(13)2-5(8)4-14/h2-3H,4,14H2,1H3. The van der Waals surface area contributed by atoms with Gasteiger partial charge in [0.05, 0.1) is 12.7 Å². The van der Waals surface area contributed by atoms with Crippen LogP contribution in [0.2, 0.25) is 0 Å². The SMILES string of the molecule is COc1cc(C(F)(F)F)c(I)cc1CN. The van der Waals surface area contributed by atoms with Crippen LogP contribution in [0.1, 0.15) is 11.1 Å². The van der Waals surface area contributed by atoms with Gasteiger partial charge in [-0.15, -0.1) is 0 Å². The van der Waals surface area contributed by atoms with Crippen molar-refractivity contribution >= 4 is 22.6 Å². The first-order chi connectivity index (χ1) is 6.90. The van der Waals surface area contributed by atoms with E-state index in [1.165, 1.54) is 13.2 Å². The van der Waals surface area contributed by atoms with Gasteiger partial charge in [0.2, 0.25) is 0 Å². The highest BCUT2D eigenvalue weighted by Crippen LogP contribution is 2.36. The van der Waals surface area contributed by atoms with Crippen molar-refractivity contribution in [3.8, 4) is 5.75 Å². The second kappa shape index (κ2) is 4.56. The van der Waals surface area contributed by atoms with Crippen LogP contribution in [0.3, 0.4) is 0 Å². The number of rotatable bonds is 2. The molecule has 0 heterocycles. The van der Waals surface area contributed by atoms with E-state index in [9.17, 15) is 13.2 Å². The fourth-order valence-electron chi connectivity index (χ4n) is 1.16. The van der Waals surface area contributed by atoms with Crippen LogP contribution in [0, 0.1) is 3.57 Å². The molecule has 0 fully saturated rings. The van der Waals surface area contributed by atoms with Gasteiger partial charge in [-0.25, -0.2) is 0 Å². The molecule has 84 valence electrons.